The van der Waals surface area contributed by atoms with Gasteiger partial charge in [0.1, 0.15) is 12.4 Å². The number of Topliss-reactive ketones (excluding diaryl/α,β-unsaturated/α-hetero) is 1. The van der Waals surface area contributed by atoms with Crippen molar-refractivity contribution in [3.05, 3.63) is 24.3 Å². The van der Waals surface area contributed by atoms with Gasteiger partial charge < -0.3 is 9.47 Å². The highest BCUT2D eigenvalue weighted by Gasteiger charge is 2.32. The summed E-state index contributed by atoms with van der Waals surface area (Å²) in [5.74, 6) is -0.459. The van der Waals surface area contributed by atoms with Crippen LogP contribution >= 0.6 is 0 Å². The third-order valence-corrected chi connectivity index (χ3v) is 6.02. The predicted molar refractivity (Wildman–Crippen MR) is 90.8 cm³/mol. The Bertz CT molecular complexity index is 726. The fourth-order valence-corrected chi connectivity index (χ4v) is 4.23. The highest BCUT2D eigenvalue weighted by atomic mass is 32.2. The molecule has 1 aromatic carbocycles. The zero-order valence-electron chi connectivity index (χ0n) is 14.9. The van der Waals surface area contributed by atoms with E-state index in [-0.39, 0.29) is 36.5 Å². The summed E-state index contributed by atoms with van der Waals surface area (Å²) in [4.78, 5) is 11.4. The Kier molecular flexibility index (Phi) is 7.24. The zero-order chi connectivity index (χ0) is 20.1. The summed E-state index contributed by atoms with van der Waals surface area (Å²) in [6, 6.07) is 4.11. The standard InChI is InChI=1S/C17H22F3NO5S/c1-2-3-13(22)12-25-14-8-10-21(11-9-14)27(23,24)16-6-4-15(5-7-16)26-17(18,19)20/h4-7,14H,2-3,8-12H2,1H3. The van der Waals surface area contributed by atoms with Crippen molar-refractivity contribution in [3.63, 3.8) is 0 Å². The molecule has 0 amide bonds. The van der Waals surface area contributed by atoms with E-state index in [0.29, 0.717) is 19.3 Å². The summed E-state index contributed by atoms with van der Waals surface area (Å²) in [7, 11) is -3.81. The minimum Gasteiger partial charge on any atom is -0.406 e. The molecule has 1 aromatic rings. The molecule has 0 bridgehead atoms. The molecule has 1 aliphatic rings. The molecule has 152 valence electrons. The molecule has 6 nitrogen and oxygen atoms in total. The second-order valence-electron chi connectivity index (χ2n) is 6.22. The van der Waals surface area contributed by atoms with Crippen molar-refractivity contribution >= 4 is 15.8 Å². The first-order valence-electron chi connectivity index (χ1n) is 8.61. The molecular weight excluding hydrogens is 387 g/mol. The van der Waals surface area contributed by atoms with Crippen LogP contribution < -0.4 is 4.74 Å². The van der Waals surface area contributed by atoms with Gasteiger partial charge in [0.15, 0.2) is 5.78 Å². The first-order chi connectivity index (χ1) is 12.6. The molecule has 0 atom stereocenters. The van der Waals surface area contributed by atoms with Gasteiger partial charge in [0, 0.05) is 19.5 Å². The van der Waals surface area contributed by atoms with E-state index in [1.807, 2.05) is 6.92 Å². The number of hydrogen-bond acceptors (Lipinski definition) is 5. The van der Waals surface area contributed by atoms with Crippen LogP contribution in [-0.2, 0) is 19.6 Å². The molecule has 0 N–H and O–H groups in total. The number of benzene rings is 1. The molecule has 27 heavy (non-hydrogen) atoms. The number of rotatable bonds is 8. The van der Waals surface area contributed by atoms with Gasteiger partial charge in [-0.25, -0.2) is 8.42 Å². The maximum Gasteiger partial charge on any atom is 0.573 e. The van der Waals surface area contributed by atoms with Crippen LogP contribution in [0.5, 0.6) is 5.75 Å². The van der Waals surface area contributed by atoms with Gasteiger partial charge in [-0.3, -0.25) is 4.79 Å². The largest absolute Gasteiger partial charge is 0.573 e. The molecule has 0 unspecified atom stereocenters. The van der Waals surface area contributed by atoms with Crippen molar-refractivity contribution < 1.29 is 35.9 Å². The van der Waals surface area contributed by atoms with Crippen LogP contribution in [0.3, 0.4) is 0 Å². The summed E-state index contributed by atoms with van der Waals surface area (Å²) in [5, 5.41) is 0. The normalized spacial score (nSPS) is 17.0. The second kappa shape index (κ2) is 9.03. The summed E-state index contributed by atoms with van der Waals surface area (Å²) in [6.45, 7) is 2.38. The summed E-state index contributed by atoms with van der Waals surface area (Å²) < 4.78 is 72.3. The highest BCUT2D eigenvalue weighted by molar-refractivity contribution is 7.89. The predicted octanol–water partition coefficient (Wildman–Crippen LogP) is 3.12. The lowest BCUT2D eigenvalue weighted by atomic mass is 10.1. The molecule has 2 rings (SSSR count). The van der Waals surface area contributed by atoms with Crippen molar-refractivity contribution in [2.45, 2.75) is 50.0 Å². The quantitative estimate of drug-likeness (QED) is 0.660. The number of carbonyl (C=O) groups excluding carboxylic acids is 1. The monoisotopic (exact) mass is 409 g/mol. The maximum absolute atomic E-state index is 12.6. The first kappa shape index (κ1) is 21.6. The number of ketones is 1. The first-order valence-corrected chi connectivity index (χ1v) is 10.0. The Hall–Kier alpha value is -1.65. The fourth-order valence-electron chi connectivity index (χ4n) is 2.76. The number of sulfonamides is 1. The number of carbonyl (C=O) groups is 1. The second-order valence-corrected chi connectivity index (χ2v) is 8.16. The van der Waals surface area contributed by atoms with Gasteiger partial charge in [-0.05, 0) is 43.5 Å². The van der Waals surface area contributed by atoms with E-state index in [1.54, 1.807) is 0 Å². The molecule has 0 aromatic heterocycles. The molecule has 0 saturated carbocycles. The van der Waals surface area contributed by atoms with Gasteiger partial charge in [-0.15, -0.1) is 13.2 Å². The fraction of sp³-hybridized carbons (Fsp3) is 0.588. The molecule has 0 spiro atoms. The summed E-state index contributed by atoms with van der Waals surface area (Å²) >= 11 is 0. The van der Waals surface area contributed by atoms with Crippen LogP contribution in [0.15, 0.2) is 29.2 Å². The average Bonchev–Trinajstić information content (AvgIpc) is 2.60. The van der Waals surface area contributed by atoms with Crippen molar-refractivity contribution in [3.8, 4) is 5.75 Å². The van der Waals surface area contributed by atoms with E-state index in [0.717, 1.165) is 30.7 Å². The lowest BCUT2D eigenvalue weighted by molar-refractivity contribution is -0.274. The van der Waals surface area contributed by atoms with Gasteiger partial charge in [0.25, 0.3) is 0 Å². The molecule has 10 heteroatoms. The average molecular weight is 409 g/mol. The third-order valence-electron chi connectivity index (χ3n) is 4.10. The lowest BCUT2D eigenvalue weighted by Crippen LogP contribution is -2.41. The molecular formula is C17H22F3NO5S. The lowest BCUT2D eigenvalue weighted by Gasteiger charge is -2.31. The SMILES string of the molecule is CCCC(=O)COC1CCN(S(=O)(=O)c2ccc(OC(F)(F)F)cc2)CC1. The minimum absolute atomic E-state index is 0.0220. The molecule has 1 aliphatic heterocycles. The van der Waals surface area contributed by atoms with Gasteiger partial charge in [-0.1, -0.05) is 6.92 Å². The Balaban J connectivity index is 1.91. The number of ether oxygens (including phenoxy) is 2. The van der Waals surface area contributed by atoms with E-state index >= 15 is 0 Å². The van der Waals surface area contributed by atoms with Crippen molar-refractivity contribution in [2.75, 3.05) is 19.7 Å². The minimum atomic E-state index is -4.83. The Labute approximate surface area is 156 Å². The van der Waals surface area contributed by atoms with E-state index in [1.165, 1.54) is 4.31 Å². The van der Waals surface area contributed by atoms with E-state index < -0.39 is 22.1 Å². The van der Waals surface area contributed by atoms with Crippen LogP contribution in [0, 0.1) is 0 Å². The number of nitrogens with zero attached hydrogens (tertiary/aromatic N) is 1. The number of alkyl halides is 3. The molecule has 1 heterocycles. The molecule has 1 saturated heterocycles. The Morgan fingerprint density at radius 1 is 1.19 bits per heavy atom. The van der Waals surface area contributed by atoms with E-state index in [9.17, 15) is 26.4 Å². The number of halogens is 3. The van der Waals surface area contributed by atoms with Crippen LogP contribution in [-0.4, -0.2) is 50.7 Å². The van der Waals surface area contributed by atoms with Crippen LogP contribution in [0.25, 0.3) is 0 Å². The van der Waals surface area contributed by atoms with Crippen molar-refractivity contribution in [1.82, 2.24) is 4.31 Å². The molecule has 0 radical (unpaired) electrons. The van der Waals surface area contributed by atoms with Gasteiger partial charge in [-0.2, -0.15) is 4.31 Å². The Morgan fingerprint density at radius 2 is 1.78 bits per heavy atom. The molecule has 0 aliphatic carbocycles. The van der Waals surface area contributed by atoms with Gasteiger partial charge in [0.05, 0.1) is 11.0 Å². The van der Waals surface area contributed by atoms with E-state index in [4.69, 9.17) is 4.74 Å². The van der Waals surface area contributed by atoms with Gasteiger partial charge in [0.2, 0.25) is 10.0 Å². The summed E-state index contributed by atoms with van der Waals surface area (Å²) in [6.07, 6.45) is -2.89. The van der Waals surface area contributed by atoms with Crippen molar-refractivity contribution in [2.24, 2.45) is 0 Å². The van der Waals surface area contributed by atoms with Crippen LogP contribution in [0.4, 0.5) is 13.2 Å². The van der Waals surface area contributed by atoms with Crippen molar-refractivity contribution in [1.29, 1.82) is 0 Å². The highest BCUT2D eigenvalue weighted by Crippen LogP contribution is 2.26. The Morgan fingerprint density at radius 3 is 2.30 bits per heavy atom. The van der Waals surface area contributed by atoms with Crippen LogP contribution in [0.1, 0.15) is 32.6 Å². The maximum atomic E-state index is 12.6. The van der Waals surface area contributed by atoms with Gasteiger partial charge >= 0.3 is 6.36 Å². The smallest absolute Gasteiger partial charge is 0.406 e. The van der Waals surface area contributed by atoms with E-state index in [2.05, 4.69) is 4.74 Å². The topological polar surface area (TPSA) is 72.9 Å². The third kappa shape index (κ3) is 6.47. The van der Waals surface area contributed by atoms with Crippen LogP contribution in [0.2, 0.25) is 0 Å². The zero-order valence-corrected chi connectivity index (χ0v) is 15.7. The molecule has 1 fully saturated rings. The summed E-state index contributed by atoms with van der Waals surface area (Å²) in [5.41, 5.74) is 0. The number of hydrogen-bond donors (Lipinski definition) is 0. The number of piperidine rings is 1.